The van der Waals surface area contributed by atoms with Crippen LogP contribution in [0, 0.1) is 5.41 Å². The maximum atomic E-state index is 12.7. The number of nitrogens with zero attached hydrogens (tertiary/aromatic N) is 1. The van der Waals surface area contributed by atoms with Crippen molar-refractivity contribution in [3.63, 3.8) is 0 Å². The molecular formula is C24H41NO4. The molecule has 0 atom stereocenters. The second-order valence-corrected chi connectivity index (χ2v) is 7.63. The van der Waals surface area contributed by atoms with Crippen molar-refractivity contribution in [2.45, 2.75) is 80.3 Å². The Morgan fingerprint density at radius 1 is 1.00 bits per heavy atom. The van der Waals surface area contributed by atoms with Crippen molar-refractivity contribution in [3.05, 3.63) is 35.9 Å². The van der Waals surface area contributed by atoms with E-state index in [0.29, 0.717) is 39.0 Å². The molecule has 1 aromatic carbocycles. The highest BCUT2D eigenvalue weighted by Gasteiger charge is 2.44. The summed E-state index contributed by atoms with van der Waals surface area (Å²) in [6.45, 7) is 16.8. The third-order valence-corrected chi connectivity index (χ3v) is 4.47. The van der Waals surface area contributed by atoms with E-state index < -0.39 is 11.0 Å². The minimum Gasteiger partial charge on any atom is -0.466 e. The molecule has 0 unspecified atom stereocenters. The number of likely N-dealkylation sites (tertiary alicyclic amines) is 1. The van der Waals surface area contributed by atoms with Gasteiger partial charge in [0.2, 0.25) is 0 Å². The molecule has 166 valence electrons. The lowest BCUT2D eigenvalue weighted by Gasteiger charge is -2.40. The molecule has 0 saturated carbocycles. The van der Waals surface area contributed by atoms with E-state index in [2.05, 4.69) is 0 Å². The Morgan fingerprint density at radius 2 is 1.52 bits per heavy atom. The van der Waals surface area contributed by atoms with Crippen LogP contribution in [0.4, 0.5) is 4.79 Å². The van der Waals surface area contributed by atoms with E-state index in [0.717, 1.165) is 5.56 Å². The third kappa shape index (κ3) is 8.88. The summed E-state index contributed by atoms with van der Waals surface area (Å²) in [5, 5.41) is 0. The molecule has 1 aromatic rings. The number of piperidine rings is 1. The molecule has 0 spiro atoms. The molecule has 0 bridgehead atoms. The number of benzene rings is 1. The number of carbonyl (C=O) groups excluding carboxylic acids is 2. The van der Waals surface area contributed by atoms with Crippen molar-refractivity contribution in [3.8, 4) is 0 Å². The fraction of sp³-hybridized carbons (Fsp3) is 0.667. The lowest BCUT2D eigenvalue weighted by Crippen LogP contribution is -2.49. The normalized spacial score (nSPS) is 15.1. The second kappa shape index (κ2) is 13.2. The van der Waals surface area contributed by atoms with Crippen LogP contribution in [0.3, 0.4) is 0 Å². The van der Waals surface area contributed by atoms with Gasteiger partial charge in [-0.25, -0.2) is 4.79 Å². The van der Waals surface area contributed by atoms with E-state index in [4.69, 9.17) is 9.47 Å². The number of hydrogen-bond acceptors (Lipinski definition) is 4. The van der Waals surface area contributed by atoms with Crippen LogP contribution in [0.25, 0.3) is 0 Å². The summed E-state index contributed by atoms with van der Waals surface area (Å²) in [6, 6.07) is 9.97. The topological polar surface area (TPSA) is 55.8 Å². The summed E-state index contributed by atoms with van der Waals surface area (Å²) in [5.41, 5.74) is 0.0217. The van der Waals surface area contributed by atoms with Gasteiger partial charge in [-0.1, -0.05) is 58.0 Å². The van der Waals surface area contributed by atoms with Crippen LogP contribution in [-0.2, 0) is 20.7 Å². The first-order valence-corrected chi connectivity index (χ1v) is 10.9. The first-order chi connectivity index (χ1) is 13.8. The summed E-state index contributed by atoms with van der Waals surface area (Å²) in [5.74, 6) is -0.164. The molecule has 0 aliphatic carbocycles. The van der Waals surface area contributed by atoms with Gasteiger partial charge in [-0.15, -0.1) is 0 Å². The minimum absolute atomic E-state index is 0.164. The largest absolute Gasteiger partial charge is 0.466 e. The van der Waals surface area contributed by atoms with E-state index in [1.54, 1.807) is 4.90 Å². The van der Waals surface area contributed by atoms with E-state index in [1.165, 1.54) is 0 Å². The number of ether oxygens (including phenoxy) is 2. The summed E-state index contributed by atoms with van der Waals surface area (Å²) >= 11 is 0. The zero-order valence-electron chi connectivity index (χ0n) is 19.7. The zero-order valence-corrected chi connectivity index (χ0v) is 19.7. The summed E-state index contributed by atoms with van der Waals surface area (Å²) in [4.78, 5) is 26.6. The fourth-order valence-corrected chi connectivity index (χ4v) is 3.17. The van der Waals surface area contributed by atoms with Crippen LogP contribution >= 0.6 is 0 Å². The molecule has 5 heteroatoms. The molecule has 1 amide bonds. The number of rotatable bonds is 4. The number of amides is 1. The molecule has 1 aliphatic heterocycles. The molecule has 29 heavy (non-hydrogen) atoms. The van der Waals surface area contributed by atoms with E-state index in [-0.39, 0.29) is 12.1 Å². The van der Waals surface area contributed by atoms with E-state index in [1.807, 2.05) is 85.7 Å². The predicted octanol–water partition coefficient (Wildman–Crippen LogP) is 5.86. The van der Waals surface area contributed by atoms with Crippen LogP contribution in [0.15, 0.2) is 30.3 Å². The van der Waals surface area contributed by atoms with Crippen LogP contribution in [0.2, 0.25) is 0 Å². The van der Waals surface area contributed by atoms with Crippen LogP contribution in [0.1, 0.15) is 73.8 Å². The first-order valence-electron chi connectivity index (χ1n) is 10.9. The average molecular weight is 408 g/mol. The molecule has 1 aliphatic rings. The minimum atomic E-state index is -0.574. The Morgan fingerprint density at radius 3 is 1.97 bits per heavy atom. The highest BCUT2D eigenvalue weighted by atomic mass is 16.6. The monoisotopic (exact) mass is 407 g/mol. The van der Waals surface area contributed by atoms with Crippen molar-refractivity contribution in [1.29, 1.82) is 0 Å². The average Bonchev–Trinajstić information content (AvgIpc) is 2.71. The Labute approximate surface area is 177 Å². The van der Waals surface area contributed by atoms with Crippen molar-refractivity contribution in [2.24, 2.45) is 5.41 Å². The maximum Gasteiger partial charge on any atom is 0.410 e. The maximum absolute atomic E-state index is 12.7. The summed E-state index contributed by atoms with van der Waals surface area (Å²) in [6.07, 6.45) is 1.49. The van der Waals surface area contributed by atoms with Crippen molar-refractivity contribution < 1.29 is 19.1 Å². The van der Waals surface area contributed by atoms with E-state index >= 15 is 0 Å². The standard InChI is InChI=1S/C20H29NO4.2C2H6/c1-5-24-17(22)20(15-16-9-7-6-8-10-16)11-13-21(14-12-20)18(23)25-19(2,3)4;2*1-2/h6-10H,5,11-15H2,1-4H3;2*1-2H3. The molecule has 2 rings (SSSR count). The van der Waals surface area contributed by atoms with Crippen molar-refractivity contribution in [1.82, 2.24) is 4.90 Å². The molecule has 1 fully saturated rings. The van der Waals surface area contributed by atoms with Gasteiger partial charge in [0.25, 0.3) is 0 Å². The van der Waals surface area contributed by atoms with Gasteiger partial charge in [-0.05, 0) is 52.5 Å². The Hall–Kier alpha value is -2.04. The summed E-state index contributed by atoms with van der Waals surface area (Å²) < 4.78 is 10.8. The van der Waals surface area contributed by atoms with Crippen LogP contribution in [-0.4, -0.2) is 42.3 Å². The predicted molar refractivity (Wildman–Crippen MR) is 119 cm³/mol. The van der Waals surface area contributed by atoms with Crippen LogP contribution in [0.5, 0.6) is 0 Å². The van der Waals surface area contributed by atoms with Gasteiger partial charge in [-0.2, -0.15) is 0 Å². The van der Waals surface area contributed by atoms with Gasteiger partial charge in [-0.3, -0.25) is 4.79 Å². The van der Waals surface area contributed by atoms with Gasteiger partial charge in [0.1, 0.15) is 5.60 Å². The van der Waals surface area contributed by atoms with Crippen molar-refractivity contribution >= 4 is 12.1 Å². The lowest BCUT2D eigenvalue weighted by atomic mass is 9.74. The molecule has 1 saturated heterocycles. The Balaban J connectivity index is 0.00000184. The van der Waals surface area contributed by atoms with E-state index in [9.17, 15) is 9.59 Å². The van der Waals surface area contributed by atoms with Gasteiger partial charge in [0, 0.05) is 13.1 Å². The van der Waals surface area contributed by atoms with Gasteiger partial charge >= 0.3 is 12.1 Å². The van der Waals surface area contributed by atoms with Gasteiger partial charge in [0.15, 0.2) is 0 Å². The molecule has 1 heterocycles. The van der Waals surface area contributed by atoms with Gasteiger partial charge < -0.3 is 14.4 Å². The lowest BCUT2D eigenvalue weighted by molar-refractivity contribution is -0.158. The molecule has 0 aromatic heterocycles. The molecule has 0 N–H and O–H groups in total. The van der Waals surface area contributed by atoms with Gasteiger partial charge in [0.05, 0.1) is 12.0 Å². The summed E-state index contributed by atoms with van der Waals surface area (Å²) in [7, 11) is 0. The highest BCUT2D eigenvalue weighted by molar-refractivity contribution is 5.78. The Bertz CT molecular complexity index is 585. The number of esters is 1. The van der Waals surface area contributed by atoms with Crippen molar-refractivity contribution in [2.75, 3.05) is 19.7 Å². The molecule has 0 radical (unpaired) electrons. The number of carbonyl (C=O) groups is 2. The SMILES string of the molecule is CC.CC.CCOC(=O)C1(Cc2ccccc2)CCN(C(=O)OC(C)(C)C)CC1. The zero-order chi connectivity index (χ0) is 22.5. The quantitative estimate of drug-likeness (QED) is 0.586. The third-order valence-electron chi connectivity index (χ3n) is 4.47. The Kier molecular flexibility index (Phi) is 12.3. The second-order valence-electron chi connectivity index (χ2n) is 7.63. The van der Waals surface area contributed by atoms with Crippen LogP contribution < -0.4 is 0 Å². The molecular weight excluding hydrogens is 366 g/mol. The fourth-order valence-electron chi connectivity index (χ4n) is 3.17. The highest BCUT2D eigenvalue weighted by Crippen LogP contribution is 2.37. The smallest absolute Gasteiger partial charge is 0.410 e. The number of hydrogen-bond donors (Lipinski definition) is 0. The molecule has 5 nitrogen and oxygen atoms in total. The first kappa shape index (κ1) is 27.0.